The van der Waals surface area contributed by atoms with Crippen molar-refractivity contribution in [3.63, 3.8) is 0 Å². The number of hydrogen-bond acceptors (Lipinski definition) is 5. The summed E-state index contributed by atoms with van der Waals surface area (Å²) in [6, 6.07) is 19.7. The fourth-order valence-corrected chi connectivity index (χ4v) is 5.41. The molecular weight excluding hydrogens is 514 g/mol. The first-order valence-corrected chi connectivity index (χ1v) is 14.2. The van der Waals surface area contributed by atoms with Crippen LogP contribution in [0.5, 0.6) is 5.75 Å². The van der Waals surface area contributed by atoms with E-state index in [0.29, 0.717) is 11.4 Å². The molecule has 0 heterocycles. The molecule has 1 N–H and O–H groups in total. The lowest BCUT2D eigenvalue weighted by Crippen LogP contribution is -2.52. The van der Waals surface area contributed by atoms with Gasteiger partial charge in [-0.05, 0) is 76.6 Å². The fraction of sp³-hybridized carbons (Fsp3) is 0.333. The van der Waals surface area contributed by atoms with Gasteiger partial charge in [0.1, 0.15) is 18.3 Å². The Labute approximate surface area is 231 Å². The zero-order chi connectivity index (χ0) is 28.7. The molecule has 0 aliphatic heterocycles. The van der Waals surface area contributed by atoms with E-state index < -0.39 is 28.5 Å². The number of benzene rings is 3. The number of carbonyl (C=O) groups excluding carboxylic acids is 2. The monoisotopic (exact) mass is 551 g/mol. The topological polar surface area (TPSA) is 96.0 Å². The molecule has 208 valence electrons. The van der Waals surface area contributed by atoms with Crippen molar-refractivity contribution in [3.8, 4) is 5.75 Å². The summed E-state index contributed by atoms with van der Waals surface area (Å²) in [7, 11) is -2.52. The maximum atomic E-state index is 13.9. The largest absolute Gasteiger partial charge is 0.497 e. The quantitative estimate of drug-likeness (QED) is 0.380. The Balaban J connectivity index is 2.01. The lowest BCUT2D eigenvalue weighted by Gasteiger charge is -2.32. The number of nitrogens with zero attached hydrogens (tertiary/aromatic N) is 2. The molecule has 39 heavy (non-hydrogen) atoms. The molecule has 0 aliphatic carbocycles. The third-order valence-electron chi connectivity index (χ3n) is 6.32. The van der Waals surface area contributed by atoms with Crippen molar-refractivity contribution >= 4 is 27.5 Å². The second kappa shape index (κ2) is 12.8. The number of rotatable bonds is 11. The van der Waals surface area contributed by atoms with Crippen LogP contribution in [0.3, 0.4) is 0 Å². The van der Waals surface area contributed by atoms with Crippen LogP contribution in [0.1, 0.15) is 37.5 Å². The Morgan fingerprint density at radius 3 is 1.90 bits per heavy atom. The third-order valence-corrected chi connectivity index (χ3v) is 8.11. The SMILES string of the molecule is COc1ccc(CN(C(=O)CN(c2ccc(C)cc2)S(=O)(=O)c2ccc(C)cc2)[C@H](C)C(=O)NC(C)C)cc1. The molecule has 0 radical (unpaired) electrons. The van der Waals surface area contributed by atoms with Gasteiger partial charge in [0.15, 0.2) is 0 Å². The minimum Gasteiger partial charge on any atom is -0.497 e. The van der Waals surface area contributed by atoms with E-state index in [-0.39, 0.29) is 23.4 Å². The zero-order valence-corrected chi connectivity index (χ0v) is 24.2. The average Bonchev–Trinajstić information content (AvgIpc) is 2.90. The number of sulfonamides is 1. The first-order chi connectivity index (χ1) is 18.4. The summed E-state index contributed by atoms with van der Waals surface area (Å²) < 4.78 is 34.0. The summed E-state index contributed by atoms with van der Waals surface area (Å²) in [5.41, 5.74) is 3.01. The van der Waals surface area contributed by atoms with E-state index in [1.165, 1.54) is 17.0 Å². The predicted molar refractivity (Wildman–Crippen MR) is 153 cm³/mol. The third kappa shape index (κ3) is 7.60. The van der Waals surface area contributed by atoms with E-state index in [1.54, 1.807) is 62.6 Å². The van der Waals surface area contributed by atoms with Crippen LogP contribution in [-0.2, 0) is 26.2 Å². The number of carbonyl (C=O) groups is 2. The molecule has 0 fully saturated rings. The normalized spacial score (nSPS) is 12.1. The number of nitrogens with one attached hydrogen (secondary N) is 1. The van der Waals surface area contributed by atoms with Gasteiger partial charge < -0.3 is 15.0 Å². The minimum atomic E-state index is -4.09. The molecule has 0 saturated carbocycles. The van der Waals surface area contributed by atoms with Crippen molar-refractivity contribution in [3.05, 3.63) is 89.5 Å². The highest BCUT2D eigenvalue weighted by Crippen LogP contribution is 2.25. The van der Waals surface area contributed by atoms with Gasteiger partial charge in [0.05, 0.1) is 17.7 Å². The average molecular weight is 552 g/mol. The second-order valence-corrected chi connectivity index (χ2v) is 11.7. The van der Waals surface area contributed by atoms with E-state index in [2.05, 4.69) is 5.32 Å². The van der Waals surface area contributed by atoms with Gasteiger partial charge in [0, 0.05) is 12.6 Å². The van der Waals surface area contributed by atoms with Crippen LogP contribution in [0.4, 0.5) is 5.69 Å². The highest BCUT2D eigenvalue weighted by atomic mass is 32.2. The highest BCUT2D eigenvalue weighted by Gasteiger charge is 2.32. The van der Waals surface area contributed by atoms with Crippen LogP contribution in [-0.4, -0.2) is 50.9 Å². The molecule has 0 spiro atoms. The van der Waals surface area contributed by atoms with Crippen molar-refractivity contribution in [1.29, 1.82) is 0 Å². The number of anilines is 1. The number of amides is 2. The van der Waals surface area contributed by atoms with E-state index in [9.17, 15) is 18.0 Å². The summed E-state index contributed by atoms with van der Waals surface area (Å²) in [4.78, 5) is 28.4. The van der Waals surface area contributed by atoms with Crippen molar-refractivity contribution < 1.29 is 22.7 Å². The number of hydrogen-bond donors (Lipinski definition) is 1. The van der Waals surface area contributed by atoms with Crippen molar-refractivity contribution in [1.82, 2.24) is 10.2 Å². The summed E-state index contributed by atoms with van der Waals surface area (Å²) in [6.45, 7) is 8.74. The van der Waals surface area contributed by atoms with Crippen LogP contribution in [0.15, 0.2) is 77.7 Å². The Bertz CT molecular complexity index is 1370. The Morgan fingerprint density at radius 1 is 0.846 bits per heavy atom. The molecule has 2 amide bonds. The molecule has 0 bridgehead atoms. The van der Waals surface area contributed by atoms with Crippen molar-refractivity contribution in [2.75, 3.05) is 18.0 Å². The molecule has 9 heteroatoms. The van der Waals surface area contributed by atoms with Gasteiger partial charge in [-0.1, -0.05) is 47.5 Å². The highest BCUT2D eigenvalue weighted by molar-refractivity contribution is 7.92. The second-order valence-electron chi connectivity index (χ2n) is 9.87. The van der Waals surface area contributed by atoms with Gasteiger partial charge in [-0.3, -0.25) is 13.9 Å². The maximum absolute atomic E-state index is 13.9. The number of aryl methyl sites for hydroxylation is 2. The van der Waals surface area contributed by atoms with Gasteiger partial charge >= 0.3 is 0 Å². The molecular formula is C30H37N3O5S. The van der Waals surface area contributed by atoms with Crippen LogP contribution in [0.25, 0.3) is 0 Å². The van der Waals surface area contributed by atoms with E-state index in [1.807, 2.05) is 39.8 Å². The predicted octanol–water partition coefficient (Wildman–Crippen LogP) is 4.45. The van der Waals surface area contributed by atoms with Gasteiger partial charge in [0.2, 0.25) is 11.8 Å². The zero-order valence-electron chi connectivity index (χ0n) is 23.3. The Hall–Kier alpha value is -3.85. The molecule has 0 aliphatic rings. The van der Waals surface area contributed by atoms with Crippen molar-refractivity contribution in [2.45, 2.75) is 58.1 Å². The van der Waals surface area contributed by atoms with E-state index in [4.69, 9.17) is 4.74 Å². The summed E-state index contributed by atoms with van der Waals surface area (Å²) in [6.07, 6.45) is 0. The van der Waals surface area contributed by atoms with Crippen LogP contribution < -0.4 is 14.4 Å². The first-order valence-electron chi connectivity index (χ1n) is 12.8. The lowest BCUT2D eigenvalue weighted by atomic mass is 10.1. The Kier molecular flexibility index (Phi) is 9.75. The smallest absolute Gasteiger partial charge is 0.264 e. The molecule has 0 aromatic heterocycles. The molecule has 3 rings (SSSR count). The van der Waals surface area contributed by atoms with Crippen molar-refractivity contribution in [2.24, 2.45) is 0 Å². The lowest BCUT2D eigenvalue weighted by molar-refractivity contribution is -0.139. The molecule has 8 nitrogen and oxygen atoms in total. The minimum absolute atomic E-state index is 0.0776. The van der Waals surface area contributed by atoms with Crippen LogP contribution in [0, 0.1) is 13.8 Å². The first kappa shape index (κ1) is 29.7. The summed E-state index contributed by atoms with van der Waals surface area (Å²) in [5, 5.41) is 2.85. The van der Waals surface area contributed by atoms with E-state index >= 15 is 0 Å². The number of ether oxygens (including phenoxy) is 1. The van der Waals surface area contributed by atoms with E-state index in [0.717, 1.165) is 21.0 Å². The standard InChI is InChI=1S/C30H37N3O5S/c1-21(2)31-30(35)24(5)32(19-25-11-15-27(38-6)16-12-25)29(34)20-33(26-13-7-22(3)8-14-26)39(36,37)28-17-9-23(4)10-18-28/h7-18,21,24H,19-20H2,1-6H3,(H,31,35)/t24-/m1/s1. The van der Waals surface area contributed by atoms with Gasteiger partial charge in [0.25, 0.3) is 10.0 Å². The van der Waals surface area contributed by atoms with Crippen LogP contribution in [0.2, 0.25) is 0 Å². The molecule has 1 atom stereocenters. The molecule has 0 saturated heterocycles. The summed E-state index contributed by atoms with van der Waals surface area (Å²) in [5.74, 6) is -0.166. The molecule has 3 aromatic carbocycles. The fourth-order valence-electron chi connectivity index (χ4n) is 3.99. The van der Waals surface area contributed by atoms with Gasteiger partial charge in [-0.15, -0.1) is 0 Å². The Morgan fingerprint density at radius 2 is 1.38 bits per heavy atom. The number of methoxy groups -OCH3 is 1. The van der Waals surface area contributed by atoms with Crippen LogP contribution >= 0.6 is 0 Å². The molecule has 3 aromatic rings. The van der Waals surface area contributed by atoms with Gasteiger partial charge in [-0.2, -0.15) is 0 Å². The maximum Gasteiger partial charge on any atom is 0.264 e. The molecule has 0 unspecified atom stereocenters. The van der Waals surface area contributed by atoms with Gasteiger partial charge in [-0.25, -0.2) is 8.42 Å². The summed E-state index contributed by atoms with van der Waals surface area (Å²) >= 11 is 0.